The number of benzene rings is 1. The van der Waals surface area contributed by atoms with E-state index in [2.05, 4.69) is 16.9 Å². The van der Waals surface area contributed by atoms with Crippen LogP contribution in [0.5, 0.6) is 17.4 Å². The molecule has 0 radical (unpaired) electrons. The molecule has 0 spiro atoms. The first kappa shape index (κ1) is 13.2. The minimum Gasteiger partial charge on any atom is -0.493 e. The van der Waals surface area contributed by atoms with Crippen molar-refractivity contribution >= 4 is 11.8 Å². The van der Waals surface area contributed by atoms with Crippen molar-refractivity contribution in [2.45, 2.75) is 24.8 Å². The van der Waals surface area contributed by atoms with Crippen molar-refractivity contribution in [3.05, 3.63) is 35.7 Å². The number of rotatable bonds is 3. The highest BCUT2D eigenvalue weighted by molar-refractivity contribution is 7.99. The third kappa shape index (κ3) is 2.33. The summed E-state index contributed by atoms with van der Waals surface area (Å²) < 4.78 is 11.4. The molecule has 1 unspecified atom stereocenters. The minimum absolute atomic E-state index is 0.405. The molecule has 1 aromatic heterocycles. The molecule has 4 nitrogen and oxygen atoms in total. The second-order valence-electron chi connectivity index (χ2n) is 4.87. The molecule has 0 fully saturated rings. The zero-order valence-electron chi connectivity index (χ0n) is 11.7. The molecular formula is C15H16N2O2S. The number of aromatic nitrogens is 2. The lowest BCUT2D eigenvalue weighted by atomic mass is 10.1. The van der Waals surface area contributed by atoms with Crippen LogP contribution in [0.25, 0.3) is 0 Å². The third-order valence-electron chi connectivity index (χ3n) is 3.30. The number of hydrogen-bond donors (Lipinski definition) is 0. The van der Waals surface area contributed by atoms with Crippen molar-refractivity contribution < 1.29 is 9.47 Å². The maximum absolute atomic E-state index is 5.98. The summed E-state index contributed by atoms with van der Waals surface area (Å²) in [5.41, 5.74) is 2.23. The number of methoxy groups -OCH3 is 1. The molecule has 0 bridgehead atoms. The Morgan fingerprint density at radius 2 is 2.10 bits per heavy atom. The Morgan fingerprint density at radius 3 is 2.90 bits per heavy atom. The zero-order valence-corrected chi connectivity index (χ0v) is 12.5. The van der Waals surface area contributed by atoms with Gasteiger partial charge in [-0.1, -0.05) is 13.0 Å². The minimum atomic E-state index is 0.405. The van der Waals surface area contributed by atoms with Crippen LogP contribution in [-0.4, -0.2) is 22.8 Å². The first-order valence-electron chi connectivity index (χ1n) is 6.49. The van der Waals surface area contributed by atoms with Gasteiger partial charge in [0.15, 0.2) is 11.5 Å². The van der Waals surface area contributed by atoms with Crippen molar-refractivity contribution in [1.82, 2.24) is 9.97 Å². The Balaban J connectivity index is 1.99. The van der Waals surface area contributed by atoms with Crippen molar-refractivity contribution in [2.75, 3.05) is 12.9 Å². The Kier molecular flexibility index (Phi) is 3.53. The van der Waals surface area contributed by atoms with Gasteiger partial charge in [0, 0.05) is 5.75 Å². The van der Waals surface area contributed by atoms with E-state index in [0.717, 1.165) is 27.7 Å². The smallest absolute Gasteiger partial charge is 0.227 e. The average Bonchev–Trinajstić information content (AvgIpc) is 2.83. The summed E-state index contributed by atoms with van der Waals surface area (Å²) in [5.74, 6) is 3.46. The number of ether oxygens (including phenoxy) is 2. The van der Waals surface area contributed by atoms with E-state index >= 15 is 0 Å². The first-order valence-corrected chi connectivity index (χ1v) is 7.47. The van der Waals surface area contributed by atoms with Crippen LogP contribution >= 0.6 is 11.8 Å². The lowest BCUT2D eigenvalue weighted by molar-refractivity contribution is 0.370. The summed E-state index contributed by atoms with van der Waals surface area (Å²) in [6.07, 6.45) is 1.56. The van der Waals surface area contributed by atoms with Crippen LogP contribution in [0.4, 0.5) is 0 Å². The van der Waals surface area contributed by atoms with E-state index in [-0.39, 0.29) is 0 Å². The predicted molar refractivity (Wildman–Crippen MR) is 79.0 cm³/mol. The fourth-order valence-electron chi connectivity index (χ4n) is 2.23. The molecule has 1 atom stereocenters. The van der Waals surface area contributed by atoms with E-state index in [1.807, 2.05) is 25.1 Å². The van der Waals surface area contributed by atoms with Gasteiger partial charge in [0.25, 0.3) is 0 Å². The van der Waals surface area contributed by atoms with Crippen LogP contribution in [0.3, 0.4) is 0 Å². The molecule has 0 aliphatic carbocycles. The summed E-state index contributed by atoms with van der Waals surface area (Å²) in [6.45, 7) is 4.19. The molecule has 5 heteroatoms. The van der Waals surface area contributed by atoms with Gasteiger partial charge in [-0.3, -0.25) is 0 Å². The quantitative estimate of drug-likeness (QED) is 0.804. The molecule has 2 heterocycles. The summed E-state index contributed by atoms with van der Waals surface area (Å²) in [5, 5.41) is 1.02. The van der Waals surface area contributed by atoms with Crippen LogP contribution < -0.4 is 9.47 Å². The third-order valence-corrected chi connectivity index (χ3v) is 4.56. The highest BCUT2D eigenvalue weighted by Gasteiger charge is 2.26. The van der Waals surface area contributed by atoms with E-state index in [1.54, 1.807) is 25.2 Å². The highest BCUT2D eigenvalue weighted by atomic mass is 32.2. The van der Waals surface area contributed by atoms with Gasteiger partial charge in [-0.15, -0.1) is 11.8 Å². The van der Waals surface area contributed by atoms with Crippen LogP contribution in [-0.2, 0) is 0 Å². The lowest BCUT2D eigenvalue weighted by Crippen LogP contribution is -2.00. The molecule has 0 amide bonds. The van der Waals surface area contributed by atoms with Gasteiger partial charge < -0.3 is 9.47 Å². The maximum atomic E-state index is 5.98. The van der Waals surface area contributed by atoms with Gasteiger partial charge in [0.05, 0.1) is 12.7 Å². The molecule has 0 saturated heterocycles. The van der Waals surface area contributed by atoms with Crippen molar-refractivity contribution in [3.8, 4) is 17.4 Å². The molecule has 1 aliphatic heterocycles. The van der Waals surface area contributed by atoms with Crippen LogP contribution in [0.2, 0.25) is 0 Å². The molecule has 1 aromatic carbocycles. The van der Waals surface area contributed by atoms with Crippen molar-refractivity contribution in [3.63, 3.8) is 0 Å². The Bertz CT molecular complexity index is 646. The number of fused-ring (bicyclic) bond motifs is 1. The van der Waals surface area contributed by atoms with E-state index in [9.17, 15) is 0 Å². The molecule has 3 rings (SSSR count). The predicted octanol–water partition coefficient (Wildman–Crippen LogP) is 3.80. The van der Waals surface area contributed by atoms with Crippen LogP contribution in [0, 0.1) is 6.92 Å². The largest absolute Gasteiger partial charge is 0.493 e. The zero-order chi connectivity index (χ0) is 14.1. The van der Waals surface area contributed by atoms with Gasteiger partial charge in [0.2, 0.25) is 5.88 Å². The second-order valence-corrected chi connectivity index (χ2v) is 5.87. The normalized spacial score (nSPS) is 16.9. The SMILES string of the molecule is COc1cc(C)ccc1Oc1ncnc2c1C(C)CS2. The number of hydrogen-bond acceptors (Lipinski definition) is 5. The molecule has 104 valence electrons. The van der Waals surface area contributed by atoms with Crippen molar-refractivity contribution in [2.24, 2.45) is 0 Å². The van der Waals surface area contributed by atoms with Gasteiger partial charge in [0.1, 0.15) is 11.4 Å². The molecule has 20 heavy (non-hydrogen) atoms. The van der Waals surface area contributed by atoms with E-state index in [0.29, 0.717) is 17.5 Å². The van der Waals surface area contributed by atoms with Crippen LogP contribution in [0.1, 0.15) is 24.0 Å². The standard InChI is InChI=1S/C15H16N2O2S/c1-9-4-5-11(12(6-9)18-3)19-14-13-10(2)7-20-15(13)17-8-16-14/h4-6,8,10H,7H2,1-3H3. The highest BCUT2D eigenvalue weighted by Crippen LogP contribution is 2.43. The van der Waals surface area contributed by atoms with Gasteiger partial charge in [-0.25, -0.2) is 9.97 Å². The van der Waals surface area contributed by atoms with Gasteiger partial charge in [-0.2, -0.15) is 0 Å². The molecule has 1 aliphatic rings. The Hall–Kier alpha value is -1.75. The van der Waals surface area contributed by atoms with E-state index < -0.39 is 0 Å². The number of nitrogens with zero attached hydrogens (tertiary/aromatic N) is 2. The maximum Gasteiger partial charge on any atom is 0.227 e. The molecule has 2 aromatic rings. The Labute approximate surface area is 122 Å². The number of thioether (sulfide) groups is 1. The summed E-state index contributed by atoms with van der Waals surface area (Å²) >= 11 is 1.75. The monoisotopic (exact) mass is 288 g/mol. The van der Waals surface area contributed by atoms with Gasteiger partial charge >= 0.3 is 0 Å². The summed E-state index contributed by atoms with van der Waals surface area (Å²) in [7, 11) is 1.64. The lowest BCUT2D eigenvalue weighted by Gasteiger charge is -2.13. The fourth-order valence-corrected chi connectivity index (χ4v) is 3.37. The molecule has 0 N–H and O–H groups in total. The second kappa shape index (κ2) is 5.32. The van der Waals surface area contributed by atoms with Gasteiger partial charge in [-0.05, 0) is 30.5 Å². The summed E-state index contributed by atoms with van der Waals surface area (Å²) in [6, 6.07) is 5.86. The molecular weight excluding hydrogens is 272 g/mol. The fraction of sp³-hybridized carbons (Fsp3) is 0.333. The average molecular weight is 288 g/mol. The molecule has 0 saturated carbocycles. The number of aryl methyl sites for hydroxylation is 1. The Morgan fingerprint density at radius 1 is 1.25 bits per heavy atom. The topological polar surface area (TPSA) is 44.2 Å². The first-order chi connectivity index (χ1) is 9.69. The van der Waals surface area contributed by atoms with E-state index in [1.165, 1.54) is 0 Å². The van der Waals surface area contributed by atoms with E-state index in [4.69, 9.17) is 9.47 Å². The summed E-state index contributed by atoms with van der Waals surface area (Å²) in [4.78, 5) is 8.60. The van der Waals surface area contributed by atoms with Crippen LogP contribution in [0.15, 0.2) is 29.6 Å². The van der Waals surface area contributed by atoms with Crippen molar-refractivity contribution in [1.29, 1.82) is 0 Å².